The van der Waals surface area contributed by atoms with Crippen molar-refractivity contribution in [1.29, 1.82) is 0 Å². The van der Waals surface area contributed by atoms with Crippen LogP contribution in [0.15, 0.2) is 24.5 Å². The van der Waals surface area contributed by atoms with Crippen LogP contribution in [0.1, 0.15) is 24.9 Å². The highest BCUT2D eigenvalue weighted by Crippen LogP contribution is 2.12. The third-order valence-electron chi connectivity index (χ3n) is 2.90. The van der Waals surface area contributed by atoms with E-state index in [9.17, 15) is 4.79 Å². The van der Waals surface area contributed by atoms with Gasteiger partial charge >= 0.3 is 0 Å². The lowest BCUT2D eigenvalue weighted by molar-refractivity contribution is -0.123. The molecule has 86 valence electrons. The second-order valence-electron chi connectivity index (χ2n) is 4.30. The van der Waals surface area contributed by atoms with E-state index in [0.717, 1.165) is 18.7 Å². The van der Waals surface area contributed by atoms with Crippen LogP contribution in [0.25, 0.3) is 0 Å². The van der Waals surface area contributed by atoms with Crippen molar-refractivity contribution < 1.29 is 4.79 Å². The van der Waals surface area contributed by atoms with E-state index in [0.29, 0.717) is 12.3 Å². The molecular formula is C12H17N3O. The Morgan fingerprint density at radius 1 is 1.69 bits per heavy atom. The number of aromatic nitrogens is 1. The lowest BCUT2D eigenvalue weighted by Gasteiger charge is -2.27. The number of nitrogens with one attached hydrogen (secondary N) is 2. The first kappa shape index (κ1) is 11.1. The number of hydrogen-bond acceptors (Lipinski definition) is 3. The monoisotopic (exact) mass is 219 g/mol. The van der Waals surface area contributed by atoms with Gasteiger partial charge in [-0.25, -0.2) is 0 Å². The zero-order chi connectivity index (χ0) is 11.4. The lowest BCUT2D eigenvalue weighted by Crippen LogP contribution is -2.44. The summed E-state index contributed by atoms with van der Waals surface area (Å²) in [4.78, 5) is 15.7. The lowest BCUT2D eigenvalue weighted by atomic mass is 9.99. The predicted octanol–water partition coefficient (Wildman–Crippen LogP) is 0.868. The largest absolute Gasteiger partial charge is 0.350 e. The molecule has 1 amide bonds. The van der Waals surface area contributed by atoms with E-state index in [-0.39, 0.29) is 11.9 Å². The van der Waals surface area contributed by atoms with Gasteiger partial charge in [0.05, 0.1) is 6.04 Å². The molecule has 4 nitrogen and oxygen atoms in total. The van der Waals surface area contributed by atoms with Crippen molar-refractivity contribution in [2.75, 3.05) is 13.1 Å². The molecule has 1 unspecified atom stereocenters. The predicted molar refractivity (Wildman–Crippen MR) is 61.8 cm³/mol. The molecule has 4 heteroatoms. The average Bonchev–Trinajstić information content (AvgIpc) is 2.25. The number of pyridine rings is 1. The summed E-state index contributed by atoms with van der Waals surface area (Å²) >= 11 is 0. The Balaban J connectivity index is 1.82. The molecule has 1 atom stereocenters. The van der Waals surface area contributed by atoms with Gasteiger partial charge in [0.25, 0.3) is 0 Å². The molecule has 0 spiro atoms. The first-order chi connectivity index (χ1) is 7.75. The normalized spacial score (nSPS) is 17.6. The van der Waals surface area contributed by atoms with Gasteiger partial charge < -0.3 is 10.6 Å². The summed E-state index contributed by atoms with van der Waals surface area (Å²) in [5.74, 6) is 0.643. The highest BCUT2D eigenvalue weighted by atomic mass is 16.1. The maximum atomic E-state index is 11.7. The van der Waals surface area contributed by atoms with E-state index in [1.807, 2.05) is 19.1 Å². The van der Waals surface area contributed by atoms with Gasteiger partial charge in [0.2, 0.25) is 5.91 Å². The summed E-state index contributed by atoms with van der Waals surface area (Å²) in [6.07, 6.45) is 4.14. The van der Waals surface area contributed by atoms with Crippen LogP contribution >= 0.6 is 0 Å². The number of rotatable bonds is 4. The maximum Gasteiger partial charge on any atom is 0.220 e. The first-order valence-electron chi connectivity index (χ1n) is 5.65. The second-order valence-corrected chi connectivity index (χ2v) is 4.30. The van der Waals surface area contributed by atoms with E-state index >= 15 is 0 Å². The standard InChI is InChI=1S/C12H17N3O/c1-9(11-3-2-4-13-8-11)15-12(16)5-10-6-14-7-10/h2-4,8-10,14H,5-7H2,1H3,(H,15,16). The molecule has 1 saturated heterocycles. The molecule has 1 aromatic rings. The van der Waals surface area contributed by atoms with Gasteiger partial charge in [-0.2, -0.15) is 0 Å². The fourth-order valence-corrected chi connectivity index (χ4v) is 1.77. The molecule has 2 N–H and O–H groups in total. The fourth-order valence-electron chi connectivity index (χ4n) is 1.77. The molecule has 2 heterocycles. The van der Waals surface area contributed by atoms with Crippen molar-refractivity contribution in [2.45, 2.75) is 19.4 Å². The first-order valence-corrected chi connectivity index (χ1v) is 5.65. The number of amides is 1. The third-order valence-corrected chi connectivity index (χ3v) is 2.90. The van der Waals surface area contributed by atoms with Crippen molar-refractivity contribution in [3.63, 3.8) is 0 Å². The molecule has 1 aliphatic heterocycles. The van der Waals surface area contributed by atoms with Gasteiger partial charge in [0.1, 0.15) is 0 Å². The maximum absolute atomic E-state index is 11.7. The number of nitrogens with zero attached hydrogens (tertiary/aromatic N) is 1. The van der Waals surface area contributed by atoms with Crippen LogP contribution in [-0.2, 0) is 4.79 Å². The van der Waals surface area contributed by atoms with Gasteiger partial charge in [-0.05, 0) is 37.6 Å². The summed E-state index contributed by atoms with van der Waals surface area (Å²) in [5, 5.41) is 6.15. The summed E-state index contributed by atoms with van der Waals surface area (Å²) in [5.41, 5.74) is 1.04. The zero-order valence-corrected chi connectivity index (χ0v) is 9.44. The molecule has 0 aliphatic carbocycles. The van der Waals surface area contributed by atoms with E-state index in [2.05, 4.69) is 15.6 Å². The molecule has 1 aliphatic rings. The highest BCUT2D eigenvalue weighted by molar-refractivity contribution is 5.76. The van der Waals surface area contributed by atoms with Crippen molar-refractivity contribution >= 4 is 5.91 Å². The van der Waals surface area contributed by atoms with Crippen LogP contribution in [0.2, 0.25) is 0 Å². The van der Waals surface area contributed by atoms with Crippen LogP contribution < -0.4 is 10.6 Å². The van der Waals surface area contributed by atoms with Gasteiger partial charge in [-0.1, -0.05) is 6.07 Å². The van der Waals surface area contributed by atoms with E-state index in [4.69, 9.17) is 0 Å². The van der Waals surface area contributed by atoms with Crippen molar-refractivity contribution in [3.8, 4) is 0 Å². The van der Waals surface area contributed by atoms with E-state index in [1.54, 1.807) is 12.4 Å². The molecule has 0 bridgehead atoms. The Hall–Kier alpha value is -1.42. The Morgan fingerprint density at radius 2 is 2.50 bits per heavy atom. The van der Waals surface area contributed by atoms with Crippen LogP contribution in [0, 0.1) is 5.92 Å². The molecule has 1 aromatic heterocycles. The van der Waals surface area contributed by atoms with E-state index < -0.39 is 0 Å². The SMILES string of the molecule is CC(NC(=O)CC1CNC1)c1cccnc1. The Bertz CT molecular complexity index is 349. The topological polar surface area (TPSA) is 54.0 Å². The quantitative estimate of drug-likeness (QED) is 0.790. The van der Waals surface area contributed by atoms with Gasteiger partial charge in [0, 0.05) is 18.8 Å². The summed E-state index contributed by atoms with van der Waals surface area (Å²) < 4.78 is 0. The molecule has 1 fully saturated rings. The van der Waals surface area contributed by atoms with Gasteiger partial charge in [0.15, 0.2) is 0 Å². The van der Waals surface area contributed by atoms with Crippen LogP contribution in [0.5, 0.6) is 0 Å². The molecule has 0 saturated carbocycles. The van der Waals surface area contributed by atoms with Crippen molar-refractivity contribution in [1.82, 2.24) is 15.6 Å². The van der Waals surface area contributed by atoms with Crippen LogP contribution in [0.4, 0.5) is 0 Å². The Kier molecular flexibility index (Phi) is 3.51. The summed E-state index contributed by atoms with van der Waals surface area (Å²) in [6, 6.07) is 3.89. The number of carbonyl (C=O) groups is 1. The molecule has 2 rings (SSSR count). The van der Waals surface area contributed by atoms with Crippen LogP contribution in [-0.4, -0.2) is 24.0 Å². The average molecular weight is 219 g/mol. The Labute approximate surface area is 95.5 Å². The minimum absolute atomic E-state index is 0.0363. The molecule has 0 aromatic carbocycles. The van der Waals surface area contributed by atoms with Gasteiger partial charge in [-0.3, -0.25) is 9.78 Å². The van der Waals surface area contributed by atoms with E-state index in [1.165, 1.54) is 0 Å². The fraction of sp³-hybridized carbons (Fsp3) is 0.500. The van der Waals surface area contributed by atoms with Crippen LogP contribution in [0.3, 0.4) is 0 Å². The summed E-state index contributed by atoms with van der Waals surface area (Å²) in [7, 11) is 0. The molecular weight excluding hydrogens is 202 g/mol. The zero-order valence-electron chi connectivity index (χ0n) is 9.44. The molecule has 0 radical (unpaired) electrons. The number of carbonyl (C=O) groups excluding carboxylic acids is 1. The second kappa shape index (κ2) is 5.07. The van der Waals surface area contributed by atoms with Crippen molar-refractivity contribution in [3.05, 3.63) is 30.1 Å². The minimum atomic E-state index is 0.0363. The summed E-state index contributed by atoms with van der Waals surface area (Å²) in [6.45, 7) is 3.91. The van der Waals surface area contributed by atoms with Crippen molar-refractivity contribution in [2.24, 2.45) is 5.92 Å². The van der Waals surface area contributed by atoms with Gasteiger partial charge in [-0.15, -0.1) is 0 Å². The minimum Gasteiger partial charge on any atom is -0.350 e. The highest BCUT2D eigenvalue weighted by Gasteiger charge is 2.20. The third kappa shape index (κ3) is 2.79. The number of hydrogen-bond donors (Lipinski definition) is 2. The Morgan fingerprint density at radius 3 is 3.06 bits per heavy atom. The smallest absolute Gasteiger partial charge is 0.220 e. The molecule has 16 heavy (non-hydrogen) atoms.